The van der Waals surface area contributed by atoms with E-state index < -0.39 is 0 Å². The second-order valence-corrected chi connectivity index (χ2v) is 8.63. The van der Waals surface area contributed by atoms with Crippen LogP contribution >= 0.6 is 35.7 Å². The quantitative estimate of drug-likeness (QED) is 0.415. The van der Waals surface area contributed by atoms with Crippen molar-refractivity contribution in [3.8, 4) is 5.75 Å². The monoisotopic (exact) mass is 461 g/mol. The number of hydrogen-bond donors (Lipinski definition) is 1. The summed E-state index contributed by atoms with van der Waals surface area (Å²) in [4.78, 5) is 6.90. The van der Waals surface area contributed by atoms with Crippen LogP contribution in [0.1, 0.15) is 31.7 Å². The molecule has 1 unspecified atom stereocenters. The Balaban J connectivity index is 0.00000208. The molecule has 2 aliphatic heterocycles. The Morgan fingerprint density at radius 3 is 2.96 bits per heavy atom. The predicted octanol–water partition coefficient (Wildman–Crippen LogP) is 3.57. The van der Waals surface area contributed by atoms with Gasteiger partial charge in [0.25, 0.3) is 0 Å². The minimum Gasteiger partial charge on any atom is -0.493 e. The van der Waals surface area contributed by atoms with Crippen LogP contribution in [-0.2, 0) is 0 Å². The zero-order chi connectivity index (χ0) is 16.3. The summed E-state index contributed by atoms with van der Waals surface area (Å²) in [5.74, 6) is 3.72. The largest absolute Gasteiger partial charge is 0.493 e. The van der Waals surface area contributed by atoms with Crippen molar-refractivity contribution >= 4 is 41.7 Å². The topological polar surface area (TPSA) is 36.9 Å². The normalized spacial score (nSPS) is 22.9. The first-order valence-corrected chi connectivity index (χ1v) is 9.39. The van der Waals surface area contributed by atoms with Crippen molar-refractivity contribution < 1.29 is 4.74 Å². The van der Waals surface area contributed by atoms with Crippen LogP contribution in [0.3, 0.4) is 0 Å². The van der Waals surface area contributed by atoms with Gasteiger partial charge in [-0.2, -0.15) is 11.8 Å². The Morgan fingerprint density at radius 2 is 2.21 bits per heavy atom. The lowest BCUT2D eigenvalue weighted by Gasteiger charge is -2.39. The zero-order valence-corrected chi connectivity index (χ0v) is 17.9. The van der Waals surface area contributed by atoms with E-state index in [4.69, 9.17) is 4.74 Å². The van der Waals surface area contributed by atoms with E-state index in [1.165, 1.54) is 5.56 Å². The molecule has 0 aromatic heterocycles. The molecule has 1 fully saturated rings. The molecular weight excluding hydrogens is 433 g/mol. The molecule has 3 rings (SSSR count). The summed E-state index contributed by atoms with van der Waals surface area (Å²) < 4.78 is 6.05. The first kappa shape index (κ1) is 19.7. The number of ether oxygens (including phenoxy) is 1. The average molecular weight is 461 g/mol. The number of rotatable bonds is 2. The standard InChI is InChI=1S/C18H27N3OS.HI/c1-18(2)13-21(9-11-23-18)17(19-3)20-12-14-8-10-22-16-7-5-4-6-15(14)16;/h4-7,14H,8-13H2,1-3H3,(H,19,20);1H. The van der Waals surface area contributed by atoms with Gasteiger partial charge < -0.3 is 15.0 Å². The number of benzene rings is 1. The highest BCUT2D eigenvalue weighted by Crippen LogP contribution is 2.33. The number of guanidine groups is 1. The fraction of sp³-hybridized carbons (Fsp3) is 0.611. The second kappa shape index (κ2) is 8.65. The maximum atomic E-state index is 5.76. The van der Waals surface area contributed by atoms with Gasteiger partial charge >= 0.3 is 0 Å². The molecule has 1 aromatic rings. The predicted molar refractivity (Wildman–Crippen MR) is 114 cm³/mol. The van der Waals surface area contributed by atoms with E-state index >= 15 is 0 Å². The molecule has 0 spiro atoms. The van der Waals surface area contributed by atoms with Crippen molar-refractivity contribution in [2.45, 2.75) is 30.9 Å². The van der Waals surface area contributed by atoms with Crippen LogP contribution in [-0.4, -0.2) is 54.6 Å². The molecule has 2 aliphatic rings. The van der Waals surface area contributed by atoms with Crippen molar-refractivity contribution in [3.05, 3.63) is 29.8 Å². The fourth-order valence-corrected chi connectivity index (χ4v) is 4.48. The number of fused-ring (bicyclic) bond motifs is 1. The molecule has 6 heteroatoms. The Hall–Kier alpha value is -0.630. The third-order valence-corrected chi connectivity index (χ3v) is 5.82. The molecule has 24 heavy (non-hydrogen) atoms. The Kier molecular flexibility index (Phi) is 7.10. The van der Waals surface area contributed by atoms with Crippen LogP contribution in [0.25, 0.3) is 0 Å². The summed E-state index contributed by atoms with van der Waals surface area (Å²) in [6, 6.07) is 8.39. The van der Waals surface area contributed by atoms with Crippen LogP contribution in [0.5, 0.6) is 5.75 Å². The summed E-state index contributed by atoms with van der Waals surface area (Å²) in [7, 11) is 1.88. The van der Waals surface area contributed by atoms with Gasteiger partial charge in [-0.15, -0.1) is 24.0 Å². The molecule has 4 nitrogen and oxygen atoms in total. The van der Waals surface area contributed by atoms with Crippen LogP contribution in [0.4, 0.5) is 0 Å². The number of aliphatic imine (C=N–C) groups is 1. The number of nitrogens with one attached hydrogen (secondary N) is 1. The van der Waals surface area contributed by atoms with E-state index in [0.29, 0.717) is 10.7 Å². The molecule has 0 aliphatic carbocycles. The molecular formula is C18H28IN3OS. The lowest BCUT2D eigenvalue weighted by Crippen LogP contribution is -2.51. The fourth-order valence-electron chi connectivity index (χ4n) is 3.37. The van der Waals surface area contributed by atoms with Gasteiger partial charge in [-0.1, -0.05) is 18.2 Å². The molecule has 2 heterocycles. The van der Waals surface area contributed by atoms with Gasteiger partial charge in [0.05, 0.1) is 6.61 Å². The average Bonchev–Trinajstić information content (AvgIpc) is 2.55. The maximum absolute atomic E-state index is 5.76. The third kappa shape index (κ3) is 4.71. The third-order valence-electron chi connectivity index (χ3n) is 4.53. The summed E-state index contributed by atoms with van der Waals surface area (Å²) in [6.07, 6.45) is 1.06. The summed E-state index contributed by atoms with van der Waals surface area (Å²) >= 11 is 2.05. The molecule has 1 N–H and O–H groups in total. The van der Waals surface area contributed by atoms with E-state index in [-0.39, 0.29) is 24.0 Å². The highest BCUT2D eigenvalue weighted by molar-refractivity contribution is 14.0. The van der Waals surface area contributed by atoms with Gasteiger partial charge in [-0.05, 0) is 31.9 Å². The smallest absolute Gasteiger partial charge is 0.193 e. The van der Waals surface area contributed by atoms with Gasteiger partial charge in [0.2, 0.25) is 0 Å². The van der Waals surface area contributed by atoms with Crippen molar-refractivity contribution in [1.29, 1.82) is 0 Å². The summed E-state index contributed by atoms with van der Waals surface area (Å²) in [5.41, 5.74) is 1.32. The van der Waals surface area contributed by atoms with Gasteiger partial charge in [0.1, 0.15) is 5.75 Å². The molecule has 1 atom stereocenters. The van der Waals surface area contributed by atoms with Crippen LogP contribution in [0, 0.1) is 0 Å². The van der Waals surface area contributed by atoms with E-state index in [9.17, 15) is 0 Å². The molecule has 0 radical (unpaired) electrons. The number of nitrogens with zero attached hydrogens (tertiary/aromatic N) is 2. The van der Waals surface area contributed by atoms with E-state index in [1.807, 2.05) is 24.9 Å². The molecule has 1 saturated heterocycles. The van der Waals surface area contributed by atoms with Crippen LogP contribution < -0.4 is 10.1 Å². The lowest BCUT2D eigenvalue weighted by molar-refractivity contribution is 0.266. The van der Waals surface area contributed by atoms with Crippen molar-refractivity contribution in [2.24, 2.45) is 4.99 Å². The molecule has 0 saturated carbocycles. The SMILES string of the molecule is CN=C(NCC1CCOc2ccccc21)N1CCSC(C)(C)C1.I. The number of hydrogen-bond acceptors (Lipinski definition) is 3. The Morgan fingerprint density at radius 1 is 1.42 bits per heavy atom. The van der Waals surface area contributed by atoms with Gasteiger partial charge in [0.15, 0.2) is 5.96 Å². The van der Waals surface area contributed by atoms with Gasteiger partial charge in [0, 0.05) is 43.1 Å². The molecule has 0 bridgehead atoms. The van der Waals surface area contributed by atoms with Gasteiger partial charge in [-0.3, -0.25) is 4.99 Å². The van der Waals surface area contributed by atoms with Crippen molar-refractivity contribution in [1.82, 2.24) is 10.2 Å². The molecule has 0 amide bonds. The van der Waals surface area contributed by atoms with Crippen molar-refractivity contribution in [3.63, 3.8) is 0 Å². The van der Waals surface area contributed by atoms with Gasteiger partial charge in [-0.25, -0.2) is 0 Å². The minimum absolute atomic E-state index is 0. The number of para-hydroxylation sites is 1. The maximum Gasteiger partial charge on any atom is 0.193 e. The molecule has 1 aromatic carbocycles. The Bertz CT molecular complexity index is 579. The second-order valence-electron chi connectivity index (χ2n) is 6.83. The highest BCUT2D eigenvalue weighted by atomic mass is 127. The van der Waals surface area contributed by atoms with E-state index in [1.54, 1.807) is 0 Å². The van der Waals surface area contributed by atoms with E-state index in [0.717, 1.165) is 50.1 Å². The number of halogens is 1. The summed E-state index contributed by atoms with van der Waals surface area (Å²) in [5, 5.41) is 3.60. The van der Waals surface area contributed by atoms with Crippen LogP contribution in [0.15, 0.2) is 29.3 Å². The first-order chi connectivity index (χ1) is 11.1. The number of thioether (sulfide) groups is 1. The first-order valence-electron chi connectivity index (χ1n) is 8.40. The summed E-state index contributed by atoms with van der Waals surface area (Å²) in [6.45, 7) is 8.45. The van der Waals surface area contributed by atoms with Crippen LogP contribution in [0.2, 0.25) is 0 Å². The lowest BCUT2D eigenvalue weighted by atomic mass is 9.93. The minimum atomic E-state index is 0. The molecule has 134 valence electrons. The van der Waals surface area contributed by atoms with Crippen molar-refractivity contribution in [2.75, 3.05) is 39.0 Å². The Labute approximate surface area is 166 Å². The highest BCUT2D eigenvalue weighted by Gasteiger charge is 2.29. The zero-order valence-electron chi connectivity index (χ0n) is 14.7. The van der Waals surface area contributed by atoms with E-state index in [2.05, 4.69) is 47.3 Å².